The van der Waals surface area contributed by atoms with Crippen molar-refractivity contribution < 1.29 is 9.59 Å². The highest BCUT2D eigenvalue weighted by molar-refractivity contribution is 6.02. The van der Waals surface area contributed by atoms with E-state index >= 15 is 0 Å². The lowest BCUT2D eigenvalue weighted by atomic mass is 9.61. The molecule has 1 aromatic carbocycles. The largest absolute Gasteiger partial charge is 0.336 e. The van der Waals surface area contributed by atoms with Crippen molar-refractivity contribution in [3.05, 3.63) is 35.4 Å². The van der Waals surface area contributed by atoms with E-state index in [2.05, 4.69) is 18.2 Å². The summed E-state index contributed by atoms with van der Waals surface area (Å²) in [5, 5.41) is 0. The first-order valence-corrected chi connectivity index (χ1v) is 9.73. The molecule has 1 saturated heterocycles. The second-order valence-corrected chi connectivity index (χ2v) is 8.20. The summed E-state index contributed by atoms with van der Waals surface area (Å²) >= 11 is 0. The second-order valence-electron chi connectivity index (χ2n) is 8.20. The van der Waals surface area contributed by atoms with Crippen LogP contribution in [0.15, 0.2) is 24.3 Å². The number of likely N-dealkylation sites (tertiary alicyclic amines) is 1. The number of fused-ring (bicyclic) bond motifs is 1. The van der Waals surface area contributed by atoms with Gasteiger partial charge in [0.2, 0.25) is 11.8 Å². The normalized spacial score (nSPS) is 25.1. The van der Waals surface area contributed by atoms with Crippen molar-refractivity contribution in [1.82, 2.24) is 9.80 Å². The average Bonchev–Trinajstić information content (AvgIpc) is 2.65. The third-order valence-corrected chi connectivity index (χ3v) is 6.44. The van der Waals surface area contributed by atoms with Crippen molar-refractivity contribution in [3.63, 3.8) is 0 Å². The van der Waals surface area contributed by atoms with Crippen molar-refractivity contribution in [2.45, 2.75) is 71.0 Å². The van der Waals surface area contributed by atoms with E-state index in [1.807, 2.05) is 29.7 Å². The minimum absolute atomic E-state index is 0.0890. The van der Waals surface area contributed by atoms with Gasteiger partial charge in [-0.15, -0.1) is 0 Å². The van der Waals surface area contributed by atoms with E-state index in [0.29, 0.717) is 6.54 Å². The maximum Gasteiger partial charge on any atom is 0.246 e. The predicted octanol–water partition coefficient (Wildman–Crippen LogP) is 3.14. The quantitative estimate of drug-likeness (QED) is 0.776. The zero-order valence-electron chi connectivity index (χ0n) is 15.3. The number of hydrogen-bond acceptors (Lipinski definition) is 2. The van der Waals surface area contributed by atoms with Gasteiger partial charge in [-0.1, -0.05) is 43.5 Å². The first-order chi connectivity index (χ1) is 12.0. The molecule has 134 valence electrons. The van der Waals surface area contributed by atoms with Gasteiger partial charge in [-0.2, -0.15) is 0 Å². The first kappa shape index (κ1) is 16.6. The summed E-state index contributed by atoms with van der Waals surface area (Å²) in [6, 6.07) is 8.24. The molecule has 2 heterocycles. The monoisotopic (exact) mass is 340 g/mol. The molecule has 0 aromatic heterocycles. The van der Waals surface area contributed by atoms with Crippen molar-refractivity contribution in [2.24, 2.45) is 5.41 Å². The fourth-order valence-electron chi connectivity index (χ4n) is 5.11. The molecule has 0 N–H and O–H groups in total. The number of β-lactam (4-membered cyclic amide) rings is 1. The van der Waals surface area contributed by atoms with Gasteiger partial charge in [0.05, 0.1) is 5.41 Å². The van der Waals surface area contributed by atoms with Crippen LogP contribution in [-0.4, -0.2) is 40.2 Å². The summed E-state index contributed by atoms with van der Waals surface area (Å²) in [5.41, 5.74) is 2.20. The Balaban J connectivity index is 1.60. The molecule has 2 fully saturated rings. The molecule has 1 spiro atoms. The molecule has 1 saturated carbocycles. The molecule has 2 amide bonds. The lowest BCUT2D eigenvalue weighted by Gasteiger charge is -2.59. The van der Waals surface area contributed by atoms with E-state index in [9.17, 15) is 9.59 Å². The Labute approximate surface area is 150 Å². The van der Waals surface area contributed by atoms with E-state index in [0.717, 1.165) is 38.6 Å². The fraction of sp³-hybridized carbons (Fsp3) is 0.619. The van der Waals surface area contributed by atoms with Crippen molar-refractivity contribution in [1.29, 1.82) is 0 Å². The standard InChI is InChI=1S/C21H28N2O2/c1-15(2)23-18(21(20(23)25)11-6-3-7-12-21)19(24)22-13-10-16-8-4-5-9-17(16)14-22/h4-5,8-9,15,18H,3,6-7,10-14H2,1-2H3. The third kappa shape index (κ3) is 2.49. The van der Waals surface area contributed by atoms with Crippen LogP contribution in [0.3, 0.4) is 0 Å². The Hall–Kier alpha value is -1.84. The summed E-state index contributed by atoms with van der Waals surface area (Å²) in [4.78, 5) is 30.2. The molecule has 2 aliphatic heterocycles. The van der Waals surface area contributed by atoms with Crippen LogP contribution in [0.2, 0.25) is 0 Å². The van der Waals surface area contributed by atoms with Gasteiger partial charge in [0, 0.05) is 19.1 Å². The predicted molar refractivity (Wildman–Crippen MR) is 96.9 cm³/mol. The van der Waals surface area contributed by atoms with Crippen LogP contribution in [0.5, 0.6) is 0 Å². The Morgan fingerprint density at radius 2 is 1.80 bits per heavy atom. The molecular weight excluding hydrogens is 312 g/mol. The highest BCUT2D eigenvalue weighted by Crippen LogP contribution is 2.51. The van der Waals surface area contributed by atoms with Gasteiger partial charge < -0.3 is 9.80 Å². The third-order valence-electron chi connectivity index (χ3n) is 6.44. The topological polar surface area (TPSA) is 40.6 Å². The summed E-state index contributed by atoms with van der Waals surface area (Å²) in [5.74, 6) is 0.391. The van der Waals surface area contributed by atoms with Gasteiger partial charge >= 0.3 is 0 Å². The maximum absolute atomic E-state index is 13.5. The van der Waals surface area contributed by atoms with Gasteiger partial charge in [0.15, 0.2) is 0 Å². The molecule has 0 radical (unpaired) electrons. The molecule has 1 atom stereocenters. The van der Waals surface area contributed by atoms with Crippen molar-refractivity contribution in [2.75, 3.05) is 6.54 Å². The maximum atomic E-state index is 13.5. The fourth-order valence-corrected chi connectivity index (χ4v) is 5.11. The number of benzene rings is 1. The van der Waals surface area contributed by atoms with Crippen molar-refractivity contribution in [3.8, 4) is 0 Å². The Bertz CT molecular complexity index is 691. The molecule has 1 unspecified atom stereocenters. The summed E-state index contributed by atoms with van der Waals surface area (Å²) in [7, 11) is 0. The number of carbonyl (C=O) groups is 2. The first-order valence-electron chi connectivity index (χ1n) is 9.73. The number of carbonyl (C=O) groups excluding carboxylic acids is 2. The molecule has 1 aliphatic carbocycles. The highest BCUT2D eigenvalue weighted by atomic mass is 16.2. The van der Waals surface area contributed by atoms with E-state index in [1.54, 1.807) is 0 Å². The van der Waals surface area contributed by atoms with Crippen LogP contribution in [0.4, 0.5) is 0 Å². The zero-order valence-corrected chi connectivity index (χ0v) is 15.3. The Kier molecular flexibility index (Phi) is 4.09. The molecule has 4 rings (SSSR count). The summed E-state index contributed by atoms with van der Waals surface area (Å²) < 4.78 is 0. The van der Waals surface area contributed by atoms with E-state index in [1.165, 1.54) is 17.5 Å². The Morgan fingerprint density at radius 3 is 2.48 bits per heavy atom. The molecule has 0 bridgehead atoms. The average molecular weight is 340 g/mol. The van der Waals surface area contributed by atoms with Crippen LogP contribution >= 0.6 is 0 Å². The van der Waals surface area contributed by atoms with Gasteiger partial charge in [0.1, 0.15) is 6.04 Å². The number of nitrogens with zero attached hydrogens (tertiary/aromatic N) is 2. The SMILES string of the molecule is CC(C)N1C(=O)C2(CCCCC2)C1C(=O)N1CCc2ccccc2C1. The summed E-state index contributed by atoms with van der Waals surface area (Å²) in [6.07, 6.45) is 6.02. The van der Waals surface area contributed by atoms with Gasteiger partial charge in [-0.3, -0.25) is 9.59 Å². The smallest absolute Gasteiger partial charge is 0.246 e. The van der Waals surface area contributed by atoms with Crippen LogP contribution < -0.4 is 0 Å². The van der Waals surface area contributed by atoms with E-state index in [4.69, 9.17) is 0 Å². The lowest BCUT2D eigenvalue weighted by molar-refractivity contribution is -0.190. The van der Waals surface area contributed by atoms with E-state index in [-0.39, 0.29) is 23.9 Å². The molecule has 25 heavy (non-hydrogen) atoms. The number of rotatable bonds is 2. The van der Waals surface area contributed by atoms with Gasteiger partial charge in [-0.25, -0.2) is 0 Å². The van der Waals surface area contributed by atoms with Crippen LogP contribution in [0.1, 0.15) is 57.1 Å². The summed E-state index contributed by atoms with van der Waals surface area (Å²) in [6.45, 7) is 5.50. The molecule has 3 aliphatic rings. The van der Waals surface area contributed by atoms with Crippen LogP contribution in [0, 0.1) is 5.41 Å². The van der Waals surface area contributed by atoms with Crippen LogP contribution in [-0.2, 0) is 22.6 Å². The van der Waals surface area contributed by atoms with Gasteiger partial charge in [0.25, 0.3) is 0 Å². The molecule has 4 nitrogen and oxygen atoms in total. The Morgan fingerprint density at radius 1 is 1.12 bits per heavy atom. The van der Waals surface area contributed by atoms with E-state index < -0.39 is 5.41 Å². The van der Waals surface area contributed by atoms with Crippen molar-refractivity contribution >= 4 is 11.8 Å². The minimum Gasteiger partial charge on any atom is -0.336 e. The van der Waals surface area contributed by atoms with Crippen LogP contribution in [0.25, 0.3) is 0 Å². The number of hydrogen-bond donors (Lipinski definition) is 0. The second kappa shape index (κ2) is 6.15. The minimum atomic E-state index is -0.406. The molecule has 4 heteroatoms. The number of amides is 2. The zero-order chi connectivity index (χ0) is 17.6. The molecule has 1 aromatic rings. The molecular formula is C21H28N2O2. The lowest BCUT2D eigenvalue weighted by Crippen LogP contribution is -2.75. The highest BCUT2D eigenvalue weighted by Gasteiger charge is 2.64. The van der Waals surface area contributed by atoms with Gasteiger partial charge in [-0.05, 0) is 44.2 Å².